The Hall–Kier alpha value is -1.46. The first-order valence-electron chi connectivity index (χ1n) is 6.34. The quantitative estimate of drug-likeness (QED) is 0.706. The fourth-order valence-corrected chi connectivity index (χ4v) is 1.84. The average Bonchev–Trinajstić information content (AvgIpc) is 2.39. The topological polar surface area (TPSA) is 71.2 Å². The van der Waals surface area contributed by atoms with E-state index in [1.54, 1.807) is 18.5 Å². The molecule has 1 atom stereocenters. The van der Waals surface area contributed by atoms with Crippen LogP contribution in [-0.2, 0) is 4.79 Å². The third-order valence-corrected chi connectivity index (χ3v) is 2.97. The van der Waals surface area contributed by atoms with Gasteiger partial charge in [-0.2, -0.15) is 0 Å². The summed E-state index contributed by atoms with van der Waals surface area (Å²) in [6.07, 6.45) is 3.34. The lowest BCUT2D eigenvalue weighted by Gasteiger charge is -2.21. The summed E-state index contributed by atoms with van der Waals surface area (Å²) in [5.74, 6) is -0.373. The highest BCUT2D eigenvalue weighted by molar-refractivity contribution is 5.81. The van der Waals surface area contributed by atoms with Crippen LogP contribution < -0.4 is 11.1 Å². The number of nitrogens with two attached hydrogens (primary N) is 1. The first-order valence-corrected chi connectivity index (χ1v) is 6.34. The molecule has 0 saturated carbocycles. The molecule has 0 saturated heterocycles. The molecule has 3 N–H and O–H groups in total. The van der Waals surface area contributed by atoms with Crippen molar-refractivity contribution in [3.63, 3.8) is 0 Å². The minimum Gasteiger partial charge on any atom is -0.368 e. The number of hydrogen-bond donors (Lipinski definition) is 2. The van der Waals surface area contributed by atoms with Crippen LogP contribution in [0.25, 0.3) is 0 Å². The van der Waals surface area contributed by atoms with Gasteiger partial charge < -0.3 is 16.0 Å². The van der Waals surface area contributed by atoms with Gasteiger partial charge in [-0.1, -0.05) is 19.9 Å². The number of nitrogens with one attached hydrogen (secondary N) is 1. The lowest BCUT2D eigenvalue weighted by atomic mass is 10.1. The van der Waals surface area contributed by atoms with Crippen LogP contribution in [0.5, 0.6) is 0 Å². The molecule has 0 aliphatic heterocycles. The molecule has 5 nitrogen and oxygen atoms in total. The van der Waals surface area contributed by atoms with Crippen molar-refractivity contribution in [1.29, 1.82) is 0 Å². The van der Waals surface area contributed by atoms with E-state index < -0.39 is 6.04 Å². The number of nitrogens with zero attached hydrogens (tertiary/aromatic N) is 2. The minimum absolute atomic E-state index is 0.373. The molecule has 1 amide bonds. The number of likely N-dealkylation sites (N-methyl/N-ethyl adjacent to an activating group) is 1. The summed E-state index contributed by atoms with van der Waals surface area (Å²) < 4.78 is 0. The highest BCUT2D eigenvalue weighted by atomic mass is 16.1. The van der Waals surface area contributed by atoms with Crippen LogP contribution in [0.2, 0.25) is 0 Å². The van der Waals surface area contributed by atoms with Crippen LogP contribution in [0.1, 0.15) is 25.5 Å². The summed E-state index contributed by atoms with van der Waals surface area (Å²) in [6.45, 7) is 7.88. The molecule has 1 rings (SSSR count). The van der Waals surface area contributed by atoms with Crippen molar-refractivity contribution in [2.45, 2.75) is 19.9 Å². The van der Waals surface area contributed by atoms with Gasteiger partial charge in [-0.05, 0) is 24.7 Å². The normalized spacial score (nSPS) is 12.6. The molecule has 0 bridgehead atoms. The molecule has 0 aromatic carbocycles. The van der Waals surface area contributed by atoms with Crippen LogP contribution in [0.3, 0.4) is 0 Å². The number of carbonyl (C=O) groups excluding carboxylic acids is 1. The van der Waals surface area contributed by atoms with Gasteiger partial charge in [-0.25, -0.2) is 0 Å². The molecule has 0 spiro atoms. The van der Waals surface area contributed by atoms with E-state index in [-0.39, 0.29) is 5.91 Å². The molecule has 1 aromatic rings. The van der Waals surface area contributed by atoms with E-state index >= 15 is 0 Å². The Morgan fingerprint density at radius 2 is 2.22 bits per heavy atom. The second kappa shape index (κ2) is 7.79. The Labute approximate surface area is 108 Å². The van der Waals surface area contributed by atoms with E-state index in [1.807, 2.05) is 6.07 Å². The molecule has 5 heteroatoms. The first-order chi connectivity index (χ1) is 8.69. The Balaban J connectivity index is 2.52. The van der Waals surface area contributed by atoms with Gasteiger partial charge in [-0.3, -0.25) is 9.78 Å². The number of carbonyl (C=O) groups is 1. The minimum atomic E-state index is -0.464. The number of primary amides is 1. The highest BCUT2D eigenvalue weighted by Crippen LogP contribution is 2.09. The maximum Gasteiger partial charge on any atom is 0.239 e. The van der Waals surface area contributed by atoms with Crippen LogP contribution in [0.4, 0.5) is 0 Å². The van der Waals surface area contributed by atoms with Crippen LogP contribution in [-0.4, -0.2) is 42.0 Å². The fraction of sp³-hybridized carbons (Fsp3) is 0.538. The zero-order valence-corrected chi connectivity index (χ0v) is 11.1. The van der Waals surface area contributed by atoms with E-state index in [9.17, 15) is 4.79 Å². The lowest BCUT2D eigenvalue weighted by molar-refractivity contribution is -0.120. The molecule has 18 heavy (non-hydrogen) atoms. The number of amides is 1. The zero-order chi connectivity index (χ0) is 13.4. The van der Waals surface area contributed by atoms with Crippen molar-refractivity contribution in [3.05, 3.63) is 30.1 Å². The third kappa shape index (κ3) is 4.43. The molecule has 1 aromatic heterocycles. The summed E-state index contributed by atoms with van der Waals surface area (Å²) in [5.41, 5.74) is 6.22. The summed E-state index contributed by atoms with van der Waals surface area (Å²) in [5, 5.41) is 3.18. The van der Waals surface area contributed by atoms with Crippen LogP contribution >= 0.6 is 0 Å². The van der Waals surface area contributed by atoms with Crippen LogP contribution in [0, 0.1) is 0 Å². The van der Waals surface area contributed by atoms with Gasteiger partial charge in [0.15, 0.2) is 0 Å². The molecule has 100 valence electrons. The Kier molecular flexibility index (Phi) is 6.32. The summed E-state index contributed by atoms with van der Waals surface area (Å²) in [6, 6.07) is 3.19. The number of rotatable bonds is 8. The standard InChI is InChI=1S/C13H22N4O/c1-3-17(4-2)9-8-16-12(13(14)18)11-6-5-7-15-10-11/h5-7,10,12,16H,3-4,8-9H2,1-2H3,(H2,14,18). The summed E-state index contributed by atoms with van der Waals surface area (Å²) >= 11 is 0. The van der Waals surface area contributed by atoms with E-state index in [4.69, 9.17) is 5.73 Å². The lowest BCUT2D eigenvalue weighted by Crippen LogP contribution is -2.38. The number of aromatic nitrogens is 1. The van der Waals surface area contributed by atoms with Crippen molar-refractivity contribution < 1.29 is 4.79 Å². The predicted molar refractivity (Wildman–Crippen MR) is 72.0 cm³/mol. The second-order valence-electron chi connectivity index (χ2n) is 4.10. The summed E-state index contributed by atoms with van der Waals surface area (Å²) in [7, 11) is 0. The van der Waals surface area contributed by atoms with Gasteiger partial charge >= 0.3 is 0 Å². The fourth-order valence-electron chi connectivity index (χ4n) is 1.84. The Morgan fingerprint density at radius 1 is 1.50 bits per heavy atom. The van der Waals surface area contributed by atoms with E-state index in [2.05, 4.69) is 29.0 Å². The van der Waals surface area contributed by atoms with Gasteiger partial charge in [0, 0.05) is 25.5 Å². The SMILES string of the molecule is CCN(CC)CCNC(C(N)=O)c1cccnc1. The van der Waals surface area contributed by atoms with Crippen molar-refractivity contribution >= 4 is 5.91 Å². The highest BCUT2D eigenvalue weighted by Gasteiger charge is 2.16. The molecular formula is C13H22N4O. The van der Waals surface area contributed by atoms with Gasteiger partial charge in [0.25, 0.3) is 0 Å². The van der Waals surface area contributed by atoms with Gasteiger partial charge in [0.2, 0.25) is 5.91 Å². The van der Waals surface area contributed by atoms with Crippen LogP contribution in [0.15, 0.2) is 24.5 Å². The monoisotopic (exact) mass is 250 g/mol. The molecule has 0 aliphatic carbocycles. The molecule has 1 unspecified atom stereocenters. The average molecular weight is 250 g/mol. The van der Waals surface area contributed by atoms with Crippen molar-refractivity contribution in [1.82, 2.24) is 15.2 Å². The second-order valence-corrected chi connectivity index (χ2v) is 4.10. The predicted octanol–water partition coefficient (Wildman–Crippen LogP) is 0.539. The number of hydrogen-bond acceptors (Lipinski definition) is 4. The Bertz CT molecular complexity index is 351. The maximum atomic E-state index is 11.4. The Morgan fingerprint density at radius 3 is 2.72 bits per heavy atom. The molecule has 1 heterocycles. The van der Waals surface area contributed by atoms with E-state index in [0.29, 0.717) is 0 Å². The largest absolute Gasteiger partial charge is 0.368 e. The van der Waals surface area contributed by atoms with E-state index in [1.165, 1.54) is 0 Å². The molecule has 0 fully saturated rings. The van der Waals surface area contributed by atoms with Gasteiger partial charge in [0.1, 0.15) is 6.04 Å². The molecular weight excluding hydrogens is 228 g/mol. The van der Waals surface area contributed by atoms with Gasteiger partial charge in [0.05, 0.1) is 0 Å². The smallest absolute Gasteiger partial charge is 0.239 e. The van der Waals surface area contributed by atoms with E-state index in [0.717, 1.165) is 31.7 Å². The van der Waals surface area contributed by atoms with Crippen molar-refractivity contribution in [2.75, 3.05) is 26.2 Å². The number of pyridine rings is 1. The van der Waals surface area contributed by atoms with Crippen molar-refractivity contribution in [2.24, 2.45) is 5.73 Å². The summed E-state index contributed by atoms with van der Waals surface area (Å²) in [4.78, 5) is 17.7. The first kappa shape index (κ1) is 14.6. The zero-order valence-electron chi connectivity index (χ0n) is 11.1. The van der Waals surface area contributed by atoms with Gasteiger partial charge in [-0.15, -0.1) is 0 Å². The maximum absolute atomic E-state index is 11.4. The van der Waals surface area contributed by atoms with Crippen molar-refractivity contribution in [3.8, 4) is 0 Å². The molecule has 0 radical (unpaired) electrons. The third-order valence-electron chi connectivity index (χ3n) is 2.97. The molecule has 0 aliphatic rings.